The molecular formula is C23H20N2O5. The molecule has 0 atom stereocenters. The Labute approximate surface area is 173 Å². The van der Waals surface area contributed by atoms with Crippen LogP contribution in [0.4, 0.5) is 11.4 Å². The van der Waals surface area contributed by atoms with Crippen molar-refractivity contribution in [2.75, 3.05) is 17.7 Å². The number of benzene rings is 3. The Kier molecular flexibility index (Phi) is 6.44. The Morgan fingerprint density at radius 1 is 0.700 bits per heavy atom. The summed E-state index contributed by atoms with van der Waals surface area (Å²) in [6.45, 7) is 1.29. The molecule has 0 spiro atoms. The van der Waals surface area contributed by atoms with Crippen molar-refractivity contribution >= 4 is 29.2 Å². The highest BCUT2D eigenvalue weighted by atomic mass is 16.5. The number of ether oxygens (including phenoxy) is 2. The van der Waals surface area contributed by atoms with Gasteiger partial charge in [-0.2, -0.15) is 0 Å². The van der Waals surface area contributed by atoms with Crippen LogP contribution in [0.2, 0.25) is 0 Å². The van der Waals surface area contributed by atoms with E-state index in [1.54, 1.807) is 73.8 Å². The third kappa shape index (κ3) is 5.45. The van der Waals surface area contributed by atoms with Crippen molar-refractivity contribution in [3.63, 3.8) is 0 Å². The largest absolute Gasteiger partial charge is 0.497 e. The van der Waals surface area contributed by atoms with Crippen LogP contribution in [-0.4, -0.2) is 24.9 Å². The minimum atomic E-state index is -0.458. The van der Waals surface area contributed by atoms with E-state index in [4.69, 9.17) is 9.47 Å². The van der Waals surface area contributed by atoms with Crippen molar-refractivity contribution in [1.29, 1.82) is 0 Å². The molecule has 152 valence electrons. The summed E-state index contributed by atoms with van der Waals surface area (Å²) in [5.74, 6) is -0.0904. The van der Waals surface area contributed by atoms with E-state index in [1.807, 2.05) is 0 Å². The fourth-order valence-corrected chi connectivity index (χ4v) is 2.65. The number of anilines is 2. The molecule has 30 heavy (non-hydrogen) atoms. The number of methoxy groups -OCH3 is 1. The highest BCUT2D eigenvalue weighted by molar-refractivity contribution is 6.06. The van der Waals surface area contributed by atoms with Crippen molar-refractivity contribution in [1.82, 2.24) is 0 Å². The van der Waals surface area contributed by atoms with Crippen LogP contribution < -0.4 is 20.1 Å². The lowest BCUT2D eigenvalue weighted by atomic mass is 10.2. The molecule has 2 N–H and O–H groups in total. The second-order valence-electron chi connectivity index (χ2n) is 6.34. The van der Waals surface area contributed by atoms with Gasteiger partial charge in [-0.3, -0.25) is 14.4 Å². The zero-order valence-corrected chi connectivity index (χ0v) is 16.5. The minimum absolute atomic E-state index is 0.253. The number of carbonyl (C=O) groups excluding carboxylic acids is 3. The molecular weight excluding hydrogens is 384 g/mol. The van der Waals surface area contributed by atoms with Crippen molar-refractivity contribution in [3.05, 3.63) is 83.9 Å². The molecule has 0 saturated heterocycles. The third-order valence-corrected chi connectivity index (χ3v) is 4.11. The van der Waals surface area contributed by atoms with Gasteiger partial charge in [-0.05, 0) is 66.7 Å². The van der Waals surface area contributed by atoms with Crippen LogP contribution in [0.25, 0.3) is 0 Å². The molecule has 2 amide bonds. The van der Waals surface area contributed by atoms with E-state index in [1.165, 1.54) is 13.0 Å². The molecule has 0 fully saturated rings. The number of hydrogen-bond acceptors (Lipinski definition) is 5. The highest BCUT2D eigenvalue weighted by Crippen LogP contribution is 2.18. The van der Waals surface area contributed by atoms with Crippen LogP contribution in [0.5, 0.6) is 11.5 Å². The third-order valence-electron chi connectivity index (χ3n) is 4.11. The second kappa shape index (κ2) is 9.38. The molecule has 0 aliphatic carbocycles. The maximum atomic E-state index is 12.4. The average Bonchev–Trinajstić information content (AvgIpc) is 2.75. The van der Waals surface area contributed by atoms with Gasteiger partial charge in [0.25, 0.3) is 11.8 Å². The Morgan fingerprint density at radius 3 is 1.80 bits per heavy atom. The van der Waals surface area contributed by atoms with Crippen molar-refractivity contribution in [2.45, 2.75) is 6.92 Å². The maximum absolute atomic E-state index is 12.4. The number of esters is 1. The molecule has 0 aromatic heterocycles. The van der Waals surface area contributed by atoms with Gasteiger partial charge in [0.05, 0.1) is 7.11 Å². The number of amides is 2. The lowest BCUT2D eigenvalue weighted by Gasteiger charge is -2.09. The Balaban J connectivity index is 1.62. The first-order chi connectivity index (χ1) is 14.4. The van der Waals surface area contributed by atoms with Crippen LogP contribution in [0.1, 0.15) is 27.6 Å². The minimum Gasteiger partial charge on any atom is -0.497 e. The molecule has 0 aliphatic rings. The standard InChI is InChI=1S/C23H20N2O5/c1-15(26)30-21-5-3-4-17(14-21)23(28)25-19-10-8-18(9-11-19)24-22(27)16-6-12-20(29-2)13-7-16/h3-14H,1-2H3,(H,24,27)(H,25,28). The first kappa shape index (κ1) is 20.6. The van der Waals surface area contributed by atoms with E-state index >= 15 is 0 Å². The monoisotopic (exact) mass is 404 g/mol. The smallest absolute Gasteiger partial charge is 0.308 e. The highest BCUT2D eigenvalue weighted by Gasteiger charge is 2.10. The zero-order chi connectivity index (χ0) is 21.5. The molecule has 7 nitrogen and oxygen atoms in total. The molecule has 0 saturated carbocycles. The summed E-state index contributed by atoms with van der Waals surface area (Å²) in [4.78, 5) is 35.8. The number of carbonyl (C=O) groups is 3. The Hall–Kier alpha value is -4.13. The summed E-state index contributed by atoms with van der Waals surface area (Å²) in [6.07, 6.45) is 0. The van der Waals surface area contributed by atoms with Gasteiger partial charge in [-0.15, -0.1) is 0 Å². The summed E-state index contributed by atoms with van der Waals surface area (Å²) in [5.41, 5.74) is 2.00. The van der Waals surface area contributed by atoms with E-state index < -0.39 is 5.97 Å². The van der Waals surface area contributed by atoms with Crippen molar-refractivity contribution in [2.24, 2.45) is 0 Å². The zero-order valence-electron chi connectivity index (χ0n) is 16.5. The Bertz CT molecular complexity index is 1060. The predicted octanol–water partition coefficient (Wildman–Crippen LogP) is 4.13. The van der Waals surface area contributed by atoms with Gasteiger partial charge in [0.1, 0.15) is 11.5 Å². The van der Waals surface area contributed by atoms with Gasteiger partial charge < -0.3 is 20.1 Å². The molecule has 0 bridgehead atoms. The van der Waals surface area contributed by atoms with Crippen LogP contribution in [-0.2, 0) is 4.79 Å². The van der Waals surface area contributed by atoms with Gasteiger partial charge in [0.2, 0.25) is 0 Å². The van der Waals surface area contributed by atoms with Crippen molar-refractivity contribution < 1.29 is 23.9 Å². The van der Waals surface area contributed by atoms with E-state index in [2.05, 4.69) is 10.6 Å². The molecule has 0 aliphatic heterocycles. The van der Waals surface area contributed by atoms with Gasteiger partial charge in [0.15, 0.2) is 0 Å². The van der Waals surface area contributed by atoms with Crippen LogP contribution in [0, 0.1) is 0 Å². The molecule has 0 heterocycles. The quantitative estimate of drug-likeness (QED) is 0.476. The predicted molar refractivity (Wildman–Crippen MR) is 113 cm³/mol. The number of nitrogens with one attached hydrogen (secondary N) is 2. The number of rotatable bonds is 6. The van der Waals surface area contributed by atoms with Crippen LogP contribution >= 0.6 is 0 Å². The molecule has 7 heteroatoms. The summed E-state index contributed by atoms with van der Waals surface area (Å²) in [7, 11) is 1.56. The molecule has 3 aromatic carbocycles. The lowest BCUT2D eigenvalue weighted by molar-refractivity contribution is -0.131. The van der Waals surface area contributed by atoms with E-state index in [0.29, 0.717) is 34.0 Å². The average molecular weight is 404 g/mol. The van der Waals surface area contributed by atoms with Gasteiger partial charge in [-0.25, -0.2) is 0 Å². The molecule has 3 aromatic rings. The summed E-state index contributed by atoms with van der Waals surface area (Å²) < 4.78 is 10.1. The normalized spacial score (nSPS) is 10.1. The molecule has 3 rings (SSSR count). The van der Waals surface area contributed by atoms with Crippen LogP contribution in [0.15, 0.2) is 72.8 Å². The summed E-state index contributed by atoms with van der Waals surface area (Å²) in [6, 6.07) is 19.8. The fraction of sp³-hybridized carbons (Fsp3) is 0.0870. The van der Waals surface area contributed by atoms with Crippen molar-refractivity contribution in [3.8, 4) is 11.5 Å². The SMILES string of the molecule is COc1ccc(C(=O)Nc2ccc(NC(=O)c3cccc(OC(C)=O)c3)cc2)cc1. The Morgan fingerprint density at radius 2 is 1.27 bits per heavy atom. The van der Waals surface area contributed by atoms with Gasteiger partial charge in [-0.1, -0.05) is 6.07 Å². The lowest BCUT2D eigenvalue weighted by Crippen LogP contribution is -2.13. The number of hydrogen-bond donors (Lipinski definition) is 2. The second-order valence-corrected chi connectivity index (χ2v) is 6.34. The van der Waals surface area contributed by atoms with Gasteiger partial charge >= 0.3 is 5.97 Å². The molecule has 0 unspecified atom stereocenters. The molecule has 0 radical (unpaired) electrons. The summed E-state index contributed by atoms with van der Waals surface area (Å²) in [5, 5.41) is 5.55. The first-order valence-corrected chi connectivity index (χ1v) is 9.10. The van der Waals surface area contributed by atoms with Gasteiger partial charge in [0, 0.05) is 29.4 Å². The topological polar surface area (TPSA) is 93.7 Å². The summed E-state index contributed by atoms with van der Waals surface area (Å²) >= 11 is 0. The maximum Gasteiger partial charge on any atom is 0.308 e. The van der Waals surface area contributed by atoms with E-state index in [-0.39, 0.29) is 11.8 Å². The van der Waals surface area contributed by atoms with E-state index in [9.17, 15) is 14.4 Å². The van der Waals surface area contributed by atoms with Crippen LogP contribution in [0.3, 0.4) is 0 Å². The first-order valence-electron chi connectivity index (χ1n) is 9.10. The van der Waals surface area contributed by atoms with E-state index in [0.717, 1.165) is 0 Å². The fourth-order valence-electron chi connectivity index (χ4n) is 2.65.